The molecule has 0 aliphatic carbocycles. The molecule has 15 heavy (non-hydrogen) atoms. The Labute approximate surface area is 90.8 Å². The highest BCUT2D eigenvalue weighted by Gasteiger charge is 2.01. The maximum atomic E-state index is 9.36. The fraction of sp³-hybridized carbons (Fsp3) is 0.636. The smallest absolute Gasteiger partial charge is 0.144 e. The molecule has 0 saturated carbocycles. The molecule has 4 nitrogen and oxygen atoms in total. The molecule has 1 atom stereocenters. The summed E-state index contributed by atoms with van der Waals surface area (Å²) in [5.41, 5.74) is 1.89. The Hall–Kier alpha value is -1.16. The van der Waals surface area contributed by atoms with Gasteiger partial charge in [-0.1, -0.05) is 6.92 Å². The van der Waals surface area contributed by atoms with E-state index in [9.17, 15) is 5.11 Å². The molecule has 4 heteroatoms. The standard InChI is InChI=1S/C11H19N3O/c1-4-10(15)5-6-12-11-7-13-8(2)9(3)14-11/h7,10,15H,4-6H2,1-3H3,(H,12,14). The number of aliphatic hydroxyl groups excluding tert-OH is 1. The van der Waals surface area contributed by atoms with Crippen molar-refractivity contribution in [3.8, 4) is 0 Å². The summed E-state index contributed by atoms with van der Waals surface area (Å²) < 4.78 is 0. The first kappa shape index (κ1) is 11.9. The number of aromatic nitrogens is 2. The Balaban J connectivity index is 2.41. The van der Waals surface area contributed by atoms with Crippen molar-refractivity contribution in [2.75, 3.05) is 11.9 Å². The highest BCUT2D eigenvalue weighted by molar-refractivity contribution is 5.33. The van der Waals surface area contributed by atoms with Gasteiger partial charge in [-0.15, -0.1) is 0 Å². The van der Waals surface area contributed by atoms with Crippen molar-refractivity contribution in [2.45, 2.75) is 39.7 Å². The van der Waals surface area contributed by atoms with Crippen LogP contribution in [0.2, 0.25) is 0 Å². The third kappa shape index (κ3) is 3.83. The van der Waals surface area contributed by atoms with Crippen LogP contribution in [-0.2, 0) is 0 Å². The molecule has 2 N–H and O–H groups in total. The molecule has 0 bridgehead atoms. The fourth-order valence-electron chi connectivity index (χ4n) is 1.20. The van der Waals surface area contributed by atoms with E-state index in [2.05, 4.69) is 15.3 Å². The molecule has 0 saturated heterocycles. The zero-order chi connectivity index (χ0) is 11.3. The molecule has 0 amide bonds. The van der Waals surface area contributed by atoms with Gasteiger partial charge in [0, 0.05) is 6.54 Å². The lowest BCUT2D eigenvalue weighted by Crippen LogP contribution is -2.13. The molecule has 0 spiro atoms. The summed E-state index contributed by atoms with van der Waals surface area (Å²) in [4.78, 5) is 8.55. The monoisotopic (exact) mass is 209 g/mol. The second kappa shape index (κ2) is 5.66. The quantitative estimate of drug-likeness (QED) is 0.774. The third-order valence-corrected chi connectivity index (χ3v) is 2.45. The molecule has 1 unspecified atom stereocenters. The minimum absolute atomic E-state index is 0.225. The van der Waals surface area contributed by atoms with Crippen molar-refractivity contribution >= 4 is 5.82 Å². The number of aliphatic hydroxyl groups is 1. The van der Waals surface area contributed by atoms with Gasteiger partial charge in [-0.05, 0) is 26.7 Å². The summed E-state index contributed by atoms with van der Waals surface area (Å²) in [6.45, 7) is 6.58. The van der Waals surface area contributed by atoms with Gasteiger partial charge in [0.15, 0.2) is 0 Å². The molecule has 1 rings (SSSR count). The van der Waals surface area contributed by atoms with Gasteiger partial charge in [0.25, 0.3) is 0 Å². The first-order valence-electron chi connectivity index (χ1n) is 5.35. The lowest BCUT2D eigenvalue weighted by molar-refractivity contribution is 0.164. The predicted octanol–water partition coefficient (Wildman–Crippen LogP) is 1.67. The Morgan fingerprint density at radius 1 is 1.40 bits per heavy atom. The normalized spacial score (nSPS) is 12.5. The van der Waals surface area contributed by atoms with Crippen LogP contribution in [0.3, 0.4) is 0 Å². The van der Waals surface area contributed by atoms with E-state index < -0.39 is 0 Å². The summed E-state index contributed by atoms with van der Waals surface area (Å²) >= 11 is 0. The molecule has 1 aromatic rings. The highest BCUT2D eigenvalue weighted by atomic mass is 16.3. The van der Waals surface area contributed by atoms with Crippen LogP contribution in [0.15, 0.2) is 6.20 Å². The number of hydrogen-bond acceptors (Lipinski definition) is 4. The Bertz CT molecular complexity index is 315. The SMILES string of the molecule is CCC(O)CCNc1cnc(C)c(C)n1. The van der Waals surface area contributed by atoms with E-state index in [-0.39, 0.29) is 6.10 Å². The lowest BCUT2D eigenvalue weighted by Gasteiger charge is -2.09. The van der Waals surface area contributed by atoms with Gasteiger partial charge >= 0.3 is 0 Å². The van der Waals surface area contributed by atoms with E-state index in [4.69, 9.17) is 0 Å². The van der Waals surface area contributed by atoms with Crippen LogP contribution in [0.1, 0.15) is 31.2 Å². The number of hydrogen-bond donors (Lipinski definition) is 2. The minimum Gasteiger partial charge on any atom is -0.393 e. The Morgan fingerprint density at radius 3 is 2.73 bits per heavy atom. The van der Waals surface area contributed by atoms with E-state index in [1.165, 1.54) is 0 Å². The largest absolute Gasteiger partial charge is 0.393 e. The van der Waals surface area contributed by atoms with Crippen molar-refractivity contribution in [1.29, 1.82) is 0 Å². The molecule has 0 aliphatic heterocycles. The zero-order valence-corrected chi connectivity index (χ0v) is 9.62. The summed E-state index contributed by atoms with van der Waals surface area (Å²) in [5, 5.41) is 12.5. The predicted molar refractivity (Wildman–Crippen MR) is 60.9 cm³/mol. The number of rotatable bonds is 5. The summed E-state index contributed by atoms with van der Waals surface area (Å²) in [7, 11) is 0. The summed E-state index contributed by atoms with van der Waals surface area (Å²) in [5.74, 6) is 0.779. The van der Waals surface area contributed by atoms with E-state index in [1.807, 2.05) is 20.8 Å². The van der Waals surface area contributed by atoms with E-state index in [0.29, 0.717) is 0 Å². The van der Waals surface area contributed by atoms with Crippen LogP contribution < -0.4 is 5.32 Å². The maximum Gasteiger partial charge on any atom is 0.144 e. The van der Waals surface area contributed by atoms with Crippen LogP contribution in [0.25, 0.3) is 0 Å². The third-order valence-electron chi connectivity index (χ3n) is 2.45. The minimum atomic E-state index is -0.225. The molecule has 84 valence electrons. The molecule has 0 aromatic carbocycles. The highest BCUT2D eigenvalue weighted by Crippen LogP contribution is 2.06. The van der Waals surface area contributed by atoms with Crippen LogP contribution in [0.5, 0.6) is 0 Å². The number of nitrogens with zero attached hydrogens (tertiary/aromatic N) is 2. The Kier molecular flexibility index (Phi) is 4.49. The van der Waals surface area contributed by atoms with Crippen molar-refractivity contribution in [1.82, 2.24) is 9.97 Å². The lowest BCUT2D eigenvalue weighted by atomic mass is 10.2. The average molecular weight is 209 g/mol. The van der Waals surface area contributed by atoms with E-state index in [0.717, 1.165) is 36.6 Å². The van der Waals surface area contributed by atoms with Gasteiger partial charge in [0.2, 0.25) is 0 Å². The molecule has 0 fully saturated rings. The first-order valence-corrected chi connectivity index (χ1v) is 5.35. The summed E-state index contributed by atoms with van der Waals surface area (Å²) in [6, 6.07) is 0. The number of aryl methyl sites for hydroxylation is 2. The topological polar surface area (TPSA) is 58.0 Å². The van der Waals surface area contributed by atoms with E-state index >= 15 is 0 Å². The summed E-state index contributed by atoms with van der Waals surface area (Å²) in [6.07, 6.45) is 3.03. The number of nitrogens with one attached hydrogen (secondary N) is 1. The van der Waals surface area contributed by atoms with Gasteiger partial charge < -0.3 is 10.4 Å². The van der Waals surface area contributed by atoms with Crippen LogP contribution in [0.4, 0.5) is 5.82 Å². The van der Waals surface area contributed by atoms with Gasteiger partial charge in [-0.2, -0.15) is 0 Å². The zero-order valence-electron chi connectivity index (χ0n) is 9.62. The van der Waals surface area contributed by atoms with Crippen LogP contribution >= 0.6 is 0 Å². The van der Waals surface area contributed by atoms with Crippen molar-refractivity contribution in [3.63, 3.8) is 0 Å². The van der Waals surface area contributed by atoms with Gasteiger partial charge in [-0.25, -0.2) is 4.98 Å². The second-order valence-electron chi connectivity index (χ2n) is 3.70. The fourth-order valence-corrected chi connectivity index (χ4v) is 1.20. The van der Waals surface area contributed by atoms with E-state index in [1.54, 1.807) is 6.20 Å². The molecule has 1 heterocycles. The average Bonchev–Trinajstić information content (AvgIpc) is 2.23. The van der Waals surface area contributed by atoms with Crippen LogP contribution in [-0.4, -0.2) is 27.7 Å². The van der Waals surface area contributed by atoms with Crippen LogP contribution in [0, 0.1) is 13.8 Å². The second-order valence-corrected chi connectivity index (χ2v) is 3.70. The van der Waals surface area contributed by atoms with Gasteiger partial charge in [-0.3, -0.25) is 4.98 Å². The first-order chi connectivity index (χ1) is 7.13. The Morgan fingerprint density at radius 2 is 2.13 bits per heavy atom. The molecule has 0 radical (unpaired) electrons. The molecular formula is C11H19N3O. The van der Waals surface area contributed by atoms with Crippen molar-refractivity contribution in [2.24, 2.45) is 0 Å². The maximum absolute atomic E-state index is 9.36. The van der Waals surface area contributed by atoms with Crippen molar-refractivity contribution in [3.05, 3.63) is 17.6 Å². The molecule has 0 aliphatic rings. The van der Waals surface area contributed by atoms with Gasteiger partial charge in [0.1, 0.15) is 5.82 Å². The van der Waals surface area contributed by atoms with Crippen molar-refractivity contribution < 1.29 is 5.11 Å². The van der Waals surface area contributed by atoms with Gasteiger partial charge in [0.05, 0.1) is 23.7 Å². The molecule has 1 aromatic heterocycles. The molecular weight excluding hydrogens is 190 g/mol. The number of anilines is 1.